The van der Waals surface area contributed by atoms with Crippen LogP contribution >= 0.6 is 15.9 Å². The van der Waals surface area contributed by atoms with Gasteiger partial charge in [-0.3, -0.25) is 0 Å². The zero-order chi connectivity index (χ0) is 11.3. The van der Waals surface area contributed by atoms with Gasteiger partial charge in [-0.1, -0.05) is 15.9 Å². The Hall–Kier alpha value is -0.740. The van der Waals surface area contributed by atoms with Crippen molar-refractivity contribution < 1.29 is 9.47 Å². The number of nitrogens with two attached hydrogens (primary N) is 1. The minimum Gasteiger partial charge on any atom is -0.493 e. The maximum absolute atomic E-state index is 5.58. The van der Waals surface area contributed by atoms with E-state index >= 15 is 0 Å². The van der Waals surface area contributed by atoms with Crippen molar-refractivity contribution >= 4 is 15.9 Å². The highest BCUT2D eigenvalue weighted by Gasteiger charge is 2.13. The number of halogens is 1. The Balaban J connectivity index is 3.17. The molecule has 0 heterocycles. The standard InChI is InChI=1S/C11H16BrNO2/c1-3-15-11-8(6-7-13)9(12)4-5-10(11)14-2/h4-5H,3,6-7,13H2,1-2H3. The molecule has 4 heteroatoms. The van der Waals surface area contributed by atoms with Crippen molar-refractivity contribution in [2.24, 2.45) is 5.73 Å². The third-order valence-electron chi connectivity index (χ3n) is 2.07. The minimum atomic E-state index is 0.589. The molecule has 0 aliphatic rings. The van der Waals surface area contributed by atoms with Crippen LogP contribution in [0.15, 0.2) is 16.6 Å². The first-order valence-electron chi connectivity index (χ1n) is 4.92. The fourth-order valence-electron chi connectivity index (χ4n) is 1.42. The Bertz CT molecular complexity index is 329. The first-order chi connectivity index (χ1) is 7.24. The third-order valence-corrected chi connectivity index (χ3v) is 2.81. The lowest BCUT2D eigenvalue weighted by molar-refractivity contribution is 0.307. The second-order valence-electron chi connectivity index (χ2n) is 3.03. The fraction of sp³-hybridized carbons (Fsp3) is 0.455. The van der Waals surface area contributed by atoms with E-state index in [1.54, 1.807) is 7.11 Å². The quantitative estimate of drug-likeness (QED) is 0.896. The molecular formula is C11H16BrNO2. The van der Waals surface area contributed by atoms with E-state index in [0.29, 0.717) is 13.2 Å². The molecule has 0 saturated carbocycles. The van der Waals surface area contributed by atoms with Gasteiger partial charge in [0.1, 0.15) is 0 Å². The van der Waals surface area contributed by atoms with Gasteiger partial charge in [-0.05, 0) is 32.0 Å². The maximum atomic E-state index is 5.58. The molecule has 0 spiro atoms. The summed E-state index contributed by atoms with van der Waals surface area (Å²) in [6.07, 6.45) is 0.771. The van der Waals surface area contributed by atoms with Crippen LogP contribution in [0.2, 0.25) is 0 Å². The molecule has 0 bridgehead atoms. The fourth-order valence-corrected chi connectivity index (χ4v) is 1.93. The van der Waals surface area contributed by atoms with Crippen LogP contribution in [0, 0.1) is 0 Å². The predicted molar refractivity (Wildman–Crippen MR) is 64.6 cm³/mol. The first kappa shape index (κ1) is 12.3. The lowest BCUT2D eigenvalue weighted by Gasteiger charge is -2.15. The topological polar surface area (TPSA) is 44.5 Å². The second-order valence-corrected chi connectivity index (χ2v) is 3.88. The van der Waals surface area contributed by atoms with Crippen LogP contribution < -0.4 is 15.2 Å². The molecule has 3 nitrogen and oxygen atoms in total. The normalized spacial score (nSPS) is 10.1. The van der Waals surface area contributed by atoms with Gasteiger partial charge in [-0.15, -0.1) is 0 Å². The molecule has 1 aromatic rings. The monoisotopic (exact) mass is 273 g/mol. The smallest absolute Gasteiger partial charge is 0.165 e. The van der Waals surface area contributed by atoms with E-state index in [0.717, 1.165) is 28.0 Å². The van der Waals surface area contributed by atoms with E-state index in [1.807, 2.05) is 19.1 Å². The van der Waals surface area contributed by atoms with Crippen molar-refractivity contribution in [3.05, 3.63) is 22.2 Å². The maximum Gasteiger partial charge on any atom is 0.165 e. The molecule has 0 fully saturated rings. The van der Waals surface area contributed by atoms with Gasteiger partial charge in [-0.2, -0.15) is 0 Å². The number of ether oxygens (including phenoxy) is 2. The lowest BCUT2D eigenvalue weighted by atomic mass is 10.1. The zero-order valence-electron chi connectivity index (χ0n) is 9.05. The lowest BCUT2D eigenvalue weighted by Crippen LogP contribution is -2.07. The van der Waals surface area contributed by atoms with Crippen LogP contribution in [0.25, 0.3) is 0 Å². The van der Waals surface area contributed by atoms with Gasteiger partial charge < -0.3 is 15.2 Å². The van der Waals surface area contributed by atoms with Gasteiger partial charge in [0.05, 0.1) is 13.7 Å². The average Bonchev–Trinajstić information content (AvgIpc) is 2.24. The highest BCUT2D eigenvalue weighted by Crippen LogP contribution is 2.36. The summed E-state index contributed by atoms with van der Waals surface area (Å²) in [6.45, 7) is 3.16. The Kier molecular flexibility index (Phi) is 4.91. The molecular weight excluding hydrogens is 258 g/mol. The Morgan fingerprint density at radius 1 is 1.40 bits per heavy atom. The predicted octanol–water partition coefficient (Wildman–Crippen LogP) is 2.36. The molecule has 0 aliphatic carbocycles. The van der Waals surface area contributed by atoms with Crippen molar-refractivity contribution in [1.29, 1.82) is 0 Å². The third kappa shape index (κ3) is 2.86. The van der Waals surface area contributed by atoms with E-state index in [9.17, 15) is 0 Å². The van der Waals surface area contributed by atoms with Gasteiger partial charge in [0.2, 0.25) is 0 Å². The highest BCUT2D eigenvalue weighted by atomic mass is 79.9. The number of hydrogen-bond donors (Lipinski definition) is 1. The molecule has 0 aromatic heterocycles. The number of methoxy groups -OCH3 is 1. The van der Waals surface area contributed by atoms with Crippen molar-refractivity contribution in [2.45, 2.75) is 13.3 Å². The summed E-state index contributed by atoms with van der Waals surface area (Å²) >= 11 is 3.49. The zero-order valence-corrected chi connectivity index (χ0v) is 10.6. The van der Waals surface area contributed by atoms with Crippen molar-refractivity contribution in [3.8, 4) is 11.5 Å². The molecule has 0 saturated heterocycles. The van der Waals surface area contributed by atoms with Crippen LogP contribution in [-0.2, 0) is 6.42 Å². The molecule has 0 radical (unpaired) electrons. The summed E-state index contributed by atoms with van der Waals surface area (Å²) < 4.78 is 11.8. The summed E-state index contributed by atoms with van der Waals surface area (Å²) in [7, 11) is 1.64. The minimum absolute atomic E-state index is 0.589. The molecule has 0 atom stereocenters. The van der Waals surface area contributed by atoms with Gasteiger partial charge >= 0.3 is 0 Å². The summed E-state index contributed by atoms with van der Waals surface area (Å²) in [5.41, 5.74) is 6.64. The second kappa shape index (κ2) is 5.98. The number of benzene rings is 1. The Labute approximate surface area is 98.7 Å². The first-order valence-corrected chi connectivity index (χ1v) is 5.72. The summed E-state index contributed by atoms with van der Waals surface area (Å²) in [4.78, 5) is 0. The largest absolute Gasteiger partial charge is 0.493 e. The van der Waals surface area contributed by atoms with Crippen LogP contribution in [0.1, 0.15) is 12.5 Å². The van der Waals surface area contributed by atoms with Crippen molar-refractivity contribution in [2.75, 3.05) is 20.3 Å². The molecule has 84 valence electrons. The van der Waals surface area contributed by atoms with Crippen LogP contribution in [0.3, 0.4) is 0 Å². The molecule has 15 heavy (non-hydrogen) atoms. The van der Waals surface area contributed by atoms with Crippen LogP contribution in [-0.4, -0.2) is 20.3 Å². The van der Waals surface area contributed by atoms with Crippen LogP contribution in [0.5, 0.6) is 11.5 Å². The van der Waals surface area contributed by atoms with E-state index in [4.69, 9.17) is 15.2 Å². The average molecular weight is 274 g/mol. The molecule has 2 N–H and O–H groups in total. The number of rotatable bonds is 5. The van der Waals surface area contributed by atoms with Gasteiger partial charge in [-0.25, -0.2) is 0 Å². The SMILES string of the molecule is CCOc1c(OC)ccc(Br)c1CCN. The van der Waals surface area contributed by atoms with Gasteiger partial charge in [0.15, 0.2) is 11.5 Å². The van der Waals surface area contributed by atoms with Crippen LogP contribution in [0.4, 0.5) is 0 Å². The molecule has 0 unspecified atom stereocenters. The Morgan fingerprint density at radius 2 is 2.13 bits per heavy atom. The molecule has 0 aliphatic heterocycles. The molecule has 1 rings (SSSR count). The molecule has 1 aromatic carbocycles. The summed E-state index contributed by atoms with van der Waals surface area (Å²) in [5.74, 6) is 1.54. The Morgan fingerprint density at radius 3 is 2.67 bits per heavy atom. The number of hydrogen-bond acceptors (Lipinski definition) is 3. The summed E-state index contributed by atoms with van der Waals surface area (Å²) in [6, 6.07) is 3.83. The van der Waals surface area contributed by atoms with E-state index in [-0.39, 0.29) is 0 Å². The van der Waals surface area contributed by atoms with Gasteiger partial charge in [0, 0.05) is 10.0 Å². The van der Waals surface area contributed by atoms with E-state index in [1.165, 1.54) is 0 Å². The van der Waals surface area contributed by atoms with Crippen molar-refractivity contribution in [3.63, 3.8) is 0 Å². The highest BCUT2D eigenvalue weighted by molar-refractivity contribution is 9.10. The van der Waals surface area contributed by atoms with Crippen molar-refractivity contribution in [1.82, 2.24) is 0 Å². The summed E-state index contributed by atoms with van der Waals surface area (Å²) in [5, 5.41) is 0. The van der Waals surface area contributed by atoms with Gasteiger partial charge in [0.25, 0.3) is 0 Å². The van der Waals surface area contributed by atoms with E-state index < -0.39 is 0 Å². The van der Waals surface area contributed by atoms with E-state index in [2.05, 4.69) is 15.9 Å². The molecule has 0 amide bonds.